The molecular formula is C12H10O4. The van der Waals surface area contributed by atoms with Gasteiger partial charge in [-0.05, 0) is 18.1 Å². The van der Waals surface area contributed by atoms with Gasteiger partial charge in [-0.15, -0.1) is 0 Å². The molecule has 0 saturated carbocycles. The van der Waals surface area contributed by atoms with Gasteiger partial charge in [0.15, 0.2) is 0 Å². The highest BCUT2D eigenvalue weighted by Gasteiger charge is 2.19. The van der Waals surface area contributed by atoms with Crippen LogP contribution in [-0.4, -0.2) is 23.0 Å². The monoisotopic (exact) mass is 218 g/mol. The molecule has 1 atom stereocenters. The average Bonchev–Trinajstić information content (AvgIpc) is 2.29. The highest BCUT2D eigenvalue weighted by Crippen LogP contribution is 2.14. The van der Waals surface area contributed by atoms with Gasteiger partial charge < -0.3 is 5.11 Å². The summed E-state index contributed by atoms with van der Waals surface area (Å²) in [4.78, 5) is 32.3. The lowest BCUT2D eigenvalue weighted by Crippen LogP contribution is -2.33. The molecule has 1 rings (SSSR count). The fourth-order valence-electron chi connectivity index (χ4n) is 1.59. The Labute approximate surface area is 91.5 Å². The quantitative estimate of drug-likeness (QED) is 0.726. The number of carboxylic acids is 1. The van der Waals surface area contributed by atoms with Crippen molar-refractivity contribution < 1.29 is 19.5 Å². The largest absolute Gasteiger partial charge is 0.481 e. The van der Waals surface area contributed by atoms with Gasteiger partial charge in [-0.1, -0.05) is 19.1 Å². The number of hydrogen-bond donors (Lipinski definition) is 1. The van der Waals surface area contributed by atoms with E-state index < -0.39 is 11.9 Å². The Morgan fingerprint density at radius 1 is 1.38 bits per heavy atom. The predicted octanol–water partition coefficient (Wildman–Crippen LogP) is -0.729. The third kappa shape index (κ3) is 2.09. The van der Waals surface area contributed by atoms with Crippen molar-refractivity contribution in [3.63, 3.8) is 0 Å². The van der Waals surface area contributed by atoms with Crippen molar-refractivity contribution in [2.75, 3.05) is 0 Å². The summed E-state index contributed by atoms with van der Waals surface area (Å²) in [6.45, 7) is 1.70. The number of benzene rings is 1. The minimum absolute atomic E-state index is 0.00764. The van der Waals surface area contributed by atoms with Crippen molar-refractivity contribution in [1.29, 1.82) is 0 Å². The molecule has 0 aromatic heterocycles. The predicted molar refractivity (Wildman–Crippen MR) is 56.0 cm³/mol. The molecule has 16 heavy (non-hydrogen) atoms. The smallest absolute Gasteiger partial charge is 0.311 e. The van der Waals surface area contributed by atoms with Crippen molar-refractivity contribution in [2.45, 2.75) is 19.3 Å². The van der Waals surface area contributed by atoms with Crippen molar-refractivity contribution in [3.8, 4) is 0 Å². The Balaban J connectivity index is 3.65. The minimum Gasteiger partial charge on any atom is -0.481 e. The summed E-state index contributed by atoms with van der Waals surface area (Å²) in [5, 5.41) is 9.02. The molecule has 1 aromatic carbocycles. The zero-order chi connectivity index (χ0) is 12.1. The topological polar surface area (TPSA) is 71.4 Å². The standard InChI is InChI=1S/C12H10O4/c1-2-9(12(15)16)10-5-3-4-8(6-13)11(10)7-14/h3-5,9H,2H2,1H3,(H,15,16). The zero-order valence-electron chi connectivity index (χ0n) is 8.69. The fraction of sp³-hybridized carbons (Fsp3) is 0.250. The van der Waals surface area contributed by atoms with Crippen LogP contribution in [0.2, 0.25) is 0 Å². The summed E-state index contributed by atoms with van der Waals surface area (Å²) in [7, 11) is 0. The molecule has 4 nitrogen and oxygen atoms in total. The van der Waals surface area contributed by atoms with E-state index in [0.717, 1.165) is 0 Å². The van der Waals surface area contributed by atoms with Crippen LogP contribution in [0.5, 0.6) is 0 Å². The fourth-order valence-corrected chi connectivity index (χ4v) is 1.59. The molecule has 0 aliphatic heterocycles. The normalized spacial score (nSPS) is 11.3. The van der Waals surface area contributed by atoms with Gasteiger partial charge in [-0.25, -0.2) is 9.59 Å². The van der Waals surface area contributed by atoms with E-state index in [0.29, 0.717) is 12.0 Å². The molecule has 1 N–H and O–H groups in total. The summed E-state index contributed by atoms with van der Waals surface area (Å²) in [6.07, 6.45) is 0.340. The van der Waals surface area contributed by atoms with Gasteiger partial charge in [-0.3, -0.25) is 4.79 Å². The summed E-state index contributed by atoms with van der Waals surface area (Å²) in [5.41, 5.74) is 0.311. The van der Waals surface area contributed by atoms with E-state index in [1.165, 1.54) is 18.2 Å². The first-order chi connectivity index (χ1) is 7.65. The number of aliphatic carboxylic acids is 1. The van der Waals surface area contributed by atoms with Crippen LogP contribution in [0.3, 0.4) is 0 Å². The lowest BCUT2D eigenvalue weighted by Gasteiger charge is -2.09. The van der Waals surface area contributed by atoms with E-state index in [2.05, 4.69) is 0 Å². The maximum atomic E-state index is 11.0. The second-order valence-corrected chi connectivity index (χ2v) is 3.27. The van der Waals surface area contributed by atoms with Crippen LogP contribution in [0.15, 0.2) is 18.2 Å². The Morgan fingerprint density at radius 3 is 2.50 bits per heavy atom. The maximum Gasteiger partial charge on any atom is 0.311 e. The Bertz CT molecular complexity index is 563. The second kappa shape index (κ2) is 5.08. The van der Waals surface area contributed by atoms with E-state index in [1.54, 1.807) is 18.8 Å². The molecule has 1 unspecified atom stereocenters. The molecule has 1 aromatic rings. The molecular weight excluding hydrogens is 208 g/mol. The summed E-state index contributed by atoms with van der Waals surface area (Å²) < 4.78 is 0. The number of hydrogen-bond acceptors (Lipinski definition) is 3. The van der Waals surface area contributed by atoms with Crippen molar-refractivity contribution >= 4 is 17.9 Å². The Kier molecular flexibility index (Phi) is 3.78. The molecule has 0 spiro atoms. The lowest BCUT2D eigenvalue weighted by atomic mass is 9.94. The molecule has 0 heterocycles. The minimum atomic E-state index is -1.03. The van der Waals surface area contributed by atoms with Gasteiger partial charge in [0.2, 0.25) is 0 Å². The van der Waals surface area contributed by atoms with Gasteiger partial charge in [0.05, 0.1) is 16.4 Å². The maximum absolute atomic E-state index is 11.0. The van der Waals surface area contributed by atoms with Crippen LogP contribution in [0.25, 0.3) is 0 Å². The average molecular weight is 218 g/mol. The second-order valence-electron chi connectivity index (χ2n) is 3.27. The molecule has 4 heteroatoms. The highest BCUT2D eigenvalue weighted by molar-refractivity contribution is 5.77. The Hall–Kier alpha value is -2.15. The van der Waals surface area contributed by atoms with E-state index in [4.69, 9.17) is 5.11 Å². The van der Waals surface area contributed by atoms with E-state index in [-0.39, 0.29) is 10.4 Å². The van der Waals surface area contributed by atoms with Gasteiger partial charge in [0.25, 0.3) is 0 Å². The van der Waals surface area contributed by atoms with Crippen molar-refractivity contribution in [2.24, 2.45) is 0 Å². The molecule has 0 aliphatic carbocycles. The molecule has 82 valence electrons. The number of rotatable bonds is 3. The molecule has 0 saturated heterocycles. The van der Waals surface area contributed by atoms with Crippen LogP contribution in [0.1, 0.15) is 24.8 Å². The molecule has 0 amide bonds. The van der Waals surface area contributed by atoms with E-state index >= 15 is 0 Å². The van der Waals surface area contributed by atoms with Crippen molar-refractivity contribution in [3.05, 3.63) is 34.2 Å². The molecule has 0 fully saturated rings. The molecule has 0 radical (unpaired) electrons. The van der Waals surface area contributed by atoms with Gasteiger partial charge >= 0.3 is 5.97 Å². The number of carbonyl (C=O) groups excluding carboxylic acids is 2. The first kappa shape index (κ1) is 11.9. The first-order valence-corrected chi connectivity index (χ1v) is 4.77. The third-order valence-corrected chi connectivity index (χ3v) is 2.39. The van der Waals surface area contributed by atoms with Crippen LogP contribution >= 0.6 is 0 Å². The van der Waals surface area contributed by atoms with Crippen LogP contribution in [0.4, 0.5) is 0 Å². The molecule has 0 aliphatic rings. The van der Waals surface area contributed by atoms with Gasteiger partial charge in [0, 0.05) is 0 Å². The SMILES string of the molecule is CCC(C(=O)O)c1cccc(=C=O)c1=C=O. The van der Waals surface area contributed by atoms with Gasteiger partial charge in [-0.2, -0.15) is 0 Å². The first-order valence-electron chi connectivity index (χ1n) is 4.77. The summed E-state index contributed by atoms with van der Waals surface area (Å²) in [6, 6.07) is 4.46. The third-order valence-electron chi connectivity index (χ3n) is 2.39. The lowest BCUT2D eigenvalue weighted by molar-refractivity contribution is -0.138. The number of carboxylic acid groups (broad SMARTS) is 1. The van der Waals surface area contributed by atoms with Crippen molar-refractivity contribution in [1.82, 2.24) is 0 Å². The van der Waals surface area contributed by atoms with Crippen LogP contribution in [0, 0.1) is 0 Å². The van der Waals surface area contributed by atoms with Gasteiger partial charge in [0.1, 0.15) is 11.9 Å². The zero-order valence-corrected chi connectivity index (χ0v) is 8.69. The summed E-state index contributed by atoms with van der Waals surface area (Å²) >= 11 is 0. The van der Waals surface area contributed by atoms with Crippen LogP contribution in [-0.2, 0) is 14.4 Å². The van der Waals surface area contributed by atoms with E-state index in [1.807, 2.05) is 0 Å². The summed E-state index contributed by atoms with van der Waals surface area (Å²) in [5.74, 6) is 1.38. The molecule has 0 bridgehead atoms. The highest BCUT2D eigenvalue weighted by atomic mass is 16.4. The van der Waals surface area contributed by atoms with Crippen LogP contribution < -0.4 is 10.4 Å². The number of carbonyl (C=O) groups is 1. The van der Waals surface area contributed by atoms with E-state index in [9.17, 15) is 14.4 Å². The Morgan fingerprint density at radius 2 is 2.06 bits per heavy atom.